The van der Waals surface area contributed by atoms with E-state index < -0.39 is 0 Å². The van der Waals surface area contributed by atoms with Crippen LogP contribution in [0.1, 0.15) is 24.4 Å². The van der Waals surface area contributed by atoms with Crippen molar-refractivity contribution in [3.8, 4) is 11.3 Å². The summed E-state index contributed by atoms with van der Waals surface area (Å²) >= 11 is 0. The second-order valence-electron chi connectivity index (χ2n) is 6.76. The molecule has 23 heavy (non-hydrogen) atoms. The molecule has 1 aromatic carbocycles. The predicted octanol–water partition coefficient (Wildman–Crippen LogP) is 3.40. The van der Waals surface area contributed by atoms with E-state index in [0.29, 0.717) is 12.3 Å². The lowest BCUT2D eigenvalue weighted by atomic mass is 9.93. The number of benzene rings is 1. The molecular formula is C18H23FN2O2. The third-order valence-electron chi connectivity index (χ3n) is 3.43. The summed E-state index contributed by atoms with van der Waals surface area (Å²) in [4.78, 5) is 14.3. The first kappa shape index (κ1) is 17.2. The molecule has 124 valence electrons. The van der Waals surface area contributed by atoms with Gasteiger partial charge in [0.1, 0.15) is 11.6 Å². The summed E-state index contributed by atoms with van der Waals surface area (Å²) < 4.78 is 18.5. The minimum Gasteiger partial charge on any atom is -0.451 e. The Morgan fingerprint density at radius 2 is 1.83 bits per heavy atom. The average Bonchev–Trinajstić information content (AvgIpc) is 2.94. The lowest BCUT2D eigenvalue weighted by Crippen LogP contribution is -2.39. The standard InChI is InChI=1S/C18H23FN2O2/c1-18(2,12-21(3)4)11-20-17(22)16-10-9-15(23-16)13-5-7-14(19)8-6-13/h5-10H,11-12H2,1-4H3,(H,20,22). The molecule has 2 aromatic rings. The Hall–Kier alpha value is -2.14. The Bertz CT molecular complexity index is 660. The van der Waals surface area contributed by atoms with Crippen molar-refractivity contribution in [1.82, 2.24) is 10.2 Å². The first-order valence-electron chi connectivity index (χ1n) is 7.55. The molecule has 0 fully saturated rings. The topological polar surface area (TPSA) is 45.5 Å². The zero-order chi connectivity index (χ0) is 17.0. The van der Waals surface area contributed by atoms with Gasteiger partial charge < -0.3 is 14.6 Å². The van der Waals surface area contributed by atoms with Crippen molar-refractivity contribution >= 4 is 5.91 Å². The van der Waals surface area contributed by atoms with Crippen molar-refractivity contribution < 1.29 is 13.6 Å². The Morgan fingerprint density at radius 1 is 1.17 bits per heavy atom. The second-order valence-corrected chi connectivity index (χ2v) is 6.76. The summed E-state index contributed by atoms with van der Waals surface area (Å²) in [6, 6.07) is 9.31. The highest BCUT2D eigenvalue weighted by Crippen LogP contribution is 2.22. The SMILES string of the molecule is CN(C)CC(C)(C)CNC(=O)c1ccc(-c2ccc(F)cc2)o1. The van der Waals surface area contributed by atoms with Gasteiger partial charge >= 0.3 is 0 Å². The van der Waals surface area contributed by atoms with Gasteiger partial charge in [0.2, 0.25) is 0 Å². The summed E-state index contributed by atoms with van der Waals surface area (Å²) in [6.45, 7) is 5.61. The van der Waals surface area contributed by atoms with E-state index in [1.807, 2.05) is 14.1 Å². The Balaban J connectivity index is 2.00. The number of hydrogen-bond acceptors (Lipinski definition) is 3. The fraction of sp³-hybridized carbons (Fsp3) is 0.389. The molecule has 0 aliphatic carbocycles. The van der Waals surface area contributed by atoms with Crippen molar-refractivity contribution in [2.24, 2.45) is 5.41 Å². The summed E-state index contributed by atoms with van der Waals surface area (Å²) in [7, 11) is 4.01. The number of amides is 1. The van der Waals surface area contributed by atoms with Crippen LogP contribution >= 0.6 is 0 Å². The fourth-order valence-corrected chi connectivity index (χ4v) is 2.55. The summed E-state index contributed by atoms with van der Waals surface area (Å²) in [5, 5.41) is 2.90. The van der Waals surface area contributed by atoms with Gasteiger partial charge in [0.15, 0.2) is 5.76 Å². The van der Waals surface area contributed by atoms with Crippen molar-refractivity contribution in [2.75, 3.05) is 27.2 Å². The van der Waals surface area contributed by atoms with E-state index in [2.05, 4.69) is 24.1 Å². The van der Waals surface area contributed by atoms with Gasteiger partial charge in [0, 0.05) is 18.7 Å². The van der Waals surface area contributed by atoms with Gasteiger partial charge in [-0.05, 0) is 55.9 Å². The number of hydrogen-bond donors (Lipinski definition) is 1. The molecule has 1 N–H and O–H groups in total. The lowest BCUT2D eigenvalue weighted by molar-refractivity contribution is 0.0902. The summed E-state index contributed by atoms with van der Waals surface area (Å²) in [5.74, 6) is 0.249. The maximum absolute atomic E-state index is 12.9. The number of nitrogens with one attached hydrogen (secondary N) is 1. The number of carbonyl (C=O) groups excluding carboxylic acids is 1. The van der Waals surface area contributed by atoms with Gasteiger partial charge in [-0.1, -0.05) is 13.8 Å². The molecule has 2 rings (SSSR count). The highest BCUT2D eigenvalue weighted by atomic mass is 19.1. The van der Waals surface area contributed by atoms with E-state index in [9.17, 15) is 9.18 Å². The van der Waals surface area contributed by atoms with Crippen molar-refractivity contribution in [2.45, 2.75) is 13.8 Å². The van der Waals surface area contributed by atoms with Crippen LogP contribution in [0, 0.1) is 11.2 Å². The monoisotopic (exact) mass is 318 g/mol. The quantitative estimate of drug-likeness (QED) is 0.888. The minimum atomic E-state index is -0.304. The smallest absolute Gasteiger partial charge is 0.287 e. The second kappa shape index (κ2) is 6.96. The molecule has 0 spiro atoms. The minimum absolute atomic E-state index is 0.0362. The first-order chi connectivity index (χ1) is 10.8. The van der Waals surface area contributed by atoms with Gasteiger partial charge in [0.05, 0.1) is 0 Å². The van der Waals surface area contributed by atoms with E-state index >= 15 is 0 Å². The van der Waals surface area contributed by atoms with Crippen LogP contribution in [0.5, 0.6) is 0 Å². The number of nitrogens with zero attached hydrogens (tertiary/aromatic N) is 1. The molecule has 0 saturated carbocycles. The number of halogens is 1. The number of furan rings is 1. The van der Waals surface area contributed by atoms with Crippen molar-refractivity contribution in [3.63, 3.8) is 0 Å². The predicted molar refractivity (Wildman–Crippen MR) is 88.8 cm³/mol. The molecule has 0 saturated heterocycles. The zero-order valence-electron chi connectivity index (χ0n) is 14.0. The fourth-order valence-electron chi connectivity index (χ4n) is 2.55. The Morgan fingerprint density at radius 3 is 2.43 bits per heavy atom. The molecule has 5 heteroatoms. The molecule has 4 nitrogen and oxygen atoms in total. The largest absolute Gasteiger partial charge is 0.451 e. The van der Waals surface area contributed by atoms with Crippen LogP contribution < -0.4 is 5.32 Å². The highest BCUT2D eigenvalue weighted by molar-refractivity contribution is 5.92. The first-order valence-corrected chi connectivity index (χ1v) is 7.55. The van der Waals surface area contributed by atoms with Gasteiger partial charge in [-0.2, -0.15) is 0 Å². The number of carbonyl (C=O) groups is 1. The van der Waals surface area contributed by atoms with E-state index in [0.717, 1.165) is 12.1 Å². The molecule has 0 aliphatic heterocycles. The van der Waals surface area contributed by atoms with Crippen LogP contribution in [0.3, 0.4) is 0 Å². The Labute approximate surface area is 136 Å². The molecule has 0 atom stereocenters. The van der Waals surface area contributed by atoms with E-state index in [1.165, 1.54) is 12.1 Å². The van der Waals surface area contributed by atoms with E-state index in [-0.39, 0.29) is 22.9 Å². The average molecular weight is 318 g/mol. The molecule has 1 heterocycles. The van der Waals surface area contributed by atoms with E-state index in [1.54, 1.807) is 24.3 Å². The molecule has 0 unspecified atom stereocenters. The van der Waals surface area contributed by atoms with Crippen molar-refractivity contribution in [1.29, 1.82) is 0 Å². The van der Waals surface area contributed by atoms with Crippen LogP contribution in [-0.4, -0.2) is 38.0 Å². The number of rotatable bonds is 6. The highest BCUT2D eigenvalue weighted by Gasteiger charge is 2.21. The lowest BCUT2D eigenvalue weighted by Gasteiger charge is -2.28. The summed E-state index contributed by atoms with van der Waals surface area (Å²) in [5.41, 5.74) is 0.698. The van der Waals surface area contributed by atoms with Gasteiger partial charge in [-0.25, -0.2) is 4.39 Å². The molecule has 0 bridgehead atoms. The maximum atomic E-state index is 12.9. The van der Waals surface area contributed by atoms with Crippen LogP contribution in [0.15, 0.2) is 40.8 Å². The molecule has 1 amide bonds. The van der Waals surface area contributed by atoms with Gasteiger partial charge in [0.25, 0.3) is 5.91 Å². The van der Waals surface area contributed by atoms with Crippen LogP contribution in [-0.2, 0) is 0 Å². The molecule has 1 aromatic heterocycles. The normalized spacial score (nSPS) is 11.7. The van der Waals surface area contributed by atoms with Gasteiger partial charge in [-0.15, -0.1) is 0 Å². The van der Waals surface area contributed by atoms with Gasteiger partial charge in [-0.3, -0.25) is 4.79 Å². The third kappa shape index (κ3) is 4.93. The zero-order valence-corrected chi connectivity index (χ0v) is 14.0. The Kier molecular flexibility index (Phi) is 5.21. The van der Waals surface area contributed by atoms with Crippen LogP contribution in [0.25, 0.3) is 11.3 Å². The summed E-state index contributed by atoms with van der Waals surface area (Å²) in [6.07, 6.45) is 0. The maximum Gasteiger partial charge on any atom is 0.287 e. The molecule has 0 radical (unpaired) electrons. The molecular weight excluding hydrogens is 295 g/mol. The molecule has 0 aliphatic rings. The van der Waals surface area contributed by atoms with E-state index in [4.69, 9.17) is 4.42 Å². The third-order valence-corrected chi connectivity index (χ3v) is 3.43. The van der Waals surface area contributed by atoms with Crippen molar-refractivity contribution in [3.05, 3.63) is 48.0 Å². The van der Waals surface area contributed by atoms with Crippen LogP contribution in [0.2, 0.25) is 0 Å². The van der Waals surface area contributed by atoms with Crippen LogP contribution in [0.4, 0.5) is 4.39 Å².